The van der Waals surface area contributed by atoms with Crippen LogP contribution in [-0.2, 0) is 42.3 Å². The van der Waals surface area contributed by atoms with Crippen molar-refractivity contribution in [3.05, 3.63) is 12.7 Å². The molecule has 4 rings (SSSR count). The summed E-state index contributed by atoms with van der Waals surface area (Å²) in [5.41, 5.74) is 0.211. The van der Waals surface area contributed by atoms with Crippen molar-refractivity contribution in [3.63, 3.8) is 0 Å². The summed E-state index contributed by atoms with van der Waals surface area (Å²) in [5, 5.41) is 20.0. The summed E-state index contributed by atoms with van der Waals surface area (Å²) in [6, 6.07) is 0. The number of amides is 1. The second-order valence-corrected chi connectivity index (χ2v) is 9.14. The first-order valence-electron chi connectivity index (χ1n) is 10.5. The highest BCUT2D eigenvalue weighted by atomic mass is 31.2. The maximum atomic E-state index is 12.3. The molecular weight excluding hydrogens is 509 g/mol. The van der Waals surface area contributed by atoms with E-state index in [9.17, 15) is 28.6 Å². The summed E-state index contributed by atoms with van der Waals surface area (Å²) >= 11 is 0. The van der Waals surface area contributed by atoms with Gasteiger partial charge in [0.1, 0.15) is 18.5 Å². The number of carboxylic acids is 2. The number of imidazole rings is 1. The van der Waals surface area contributed by atoms with Crippen molar-refractivity contribution in [1.82, 2.24) is 19.5 Å². The Hall–Kier alpha value is -3.50. The number of aliphatic carboxylic acids is 2. The third kappa shape index (κ3) is 5.66. The Morgan fingerprint density at radius 3 is 2.56 bits per heavy atom. The minimum absolute atomic E-state index is 0.0148. The zero-order valence-corrected chi connectivity index (χ0v) is 19.1. The van der Waals surface area contributed by atoms with E-state index < -0.39 is 69.0 Å². The van der Waals surface area contributed by atoms with E-state index in [0.717, 1.165) is 6.33 Å². The summed E-state index contributed by atoms with van der Waals surface area (Å²) in [4.78, 5) is 67.9. The topological polar surface area (TPSA) is 239 Å². The van der Waals surface area contributed by atoms with Crippen molar-refractivity contribution < 1.29 is 57.4 Å². The van der Waals surface area contributed by atoms with Crippen LogP contribution < -0.4 is 5.32 Å². The molecule has 0 aliphatic carbocycles. The molecule has 2 aliphatic heterocycles. The number of nitrogens with one attached hydrogen (secondary N) is 1. The lowest BCUT2D eigenvalue weighted by Crippen LogP contribution is -2.41. The lowest BCUT2D eigenvalue weighted by atomic mass is 10.1. The van der Waals surface area contributed by atoms with E-state index in [1.807, 2.05) is 0 Å². The number of carbonyl (C=O) groups is 4. The molecule has 0 radical (unpaired) electrons. The number of phosphoric ester groups is 1. The number of aromatic nitrogens is 4. The fourth-order valence-electron chi connectivity index (χ4n) is 3.64. The number of phosphoric acid groups is 1. The molecule has 36 heavy (non-hydrogen) atoms. The second-order valence-electron chi connectivity index (χ2n) is 7.74. The summed E-state index contributed by atoms with van der Waals surface area (Å²) < 4.78 is 34.5. The van der Waals surface area contributed by atoms with Gasteiger partial charge in [0.05, 0.1) is 32.2 Å². The van der Waals surface area contributed by atoms with Crippen LogP contribution in [0.3, 0.4) is 0 Å². The van der Waals surface area contributed by atoms with E-state index in [0.29, 0.717) is 0 Å². The number of carboxylic acid groups (broad SMARTS) is 2. The first-order valence-corrected chi connectivity index (χ1v) is 12.0. The van der Waals surface area contributed by atoms with Gasteiger partial charge in [-0.15, -0.1) is 0 Å². The zero-order chi connectivity index (χ0) is 26.0. The number of hydrogen-bond acceptors (Lipinski definition) is 12. The Morgan fingerprint density at radius 1 is 1.11 bits per heavy atom. The number of rotatable bonds is 9. The number of fused-ring (bicyclic) bond motifs is 2. The maximum absolute atomic E-state index is 12.3. The molecule has 2 fully saturated rings. The summed E-state index contributed by atoms with van der Waals surface area (Å²) in [6.07, 6.45) is -3.99. The third-order valence-corrected chi connectivity index (χ3v) is 6.19. The molecule has 194 valence electrons. The normalized spacial score (nSPS) is 27.4. The molecule has 0 aromatic carbocycles. The quantitative estimate of drug-likeness (QED) is 0.243. The molecule has 2 saturated heterocycles. The van der Waals surface area contributed by atoms with Gasteiger partial charge in [-0.25, -0.2) is 19.5 Å². The summed E-state index contributed by atoms with van der Waals surface area (Å²) in [5.74, 6) is -3.92. The maximum Gasteiger partial charge on any atom is 0.472 e. The Labute approximate surface area is 201 Å². The Balaban J connectivity index is 1.62. The second kappa shape index (κ2) is 10.2. The monoisotopic (exact) mass is 529 g/mol. The van der Waals surface area contributed by atoms with Gasteiger partial charge in [-0.2, -0.15) is 0 Å². The van der Waals surface area contributed by atoms with Gasteiger partial charge < -0.3 is 29.9 Å². The molecule has 4 N–H and O–H groups in total. The van der Waals surface area contributed by atoms with Gasteiger partial charge in [0, 0.05) is 6.42 Å². The average Bonchev–Trinajstić information content (AvgIpc) is 3.38. The number of ether oxygens (including phenoxy) is 2. The average molecular weight is 529 g/mol. The molecule has 1 unspecified atom stereocenters. The van der Waals surface area contributed by atoms with Crippen molar-refractivity contribution in [2.24, 2.45) is 0 Å². The zero-order valence-electron chi connectivity index (χ0n) is 18.3. The predicted octanol–water partition coefficient (Wildman–Crippen LogP) is -0.181. The minimum Gasteiger partial charge on any atom is -0.481 e. The smallest absolute Gasteiger partial charge is 0.472 e. The van der Waals surface area contributed by atoms with Gasteiger partial charge in [0.15, 0.2) is 29.3 Å². The van der Waals surface area contributed by atoms with Crippen molar-refractivity contribution in [2.45, 2.75) is 50.2 Å². The predicted molar refractivity (Wildman–Crippen MR) is 112 cm³/mol. The van der Waals surface area contributed by atoms with Crippen LogP contribution in [-0.4, -0.2) is 83.4 Å². The number of esters is 1. The van der Waals surface area contributed by atoms with Gasteiger partial charge in [-0.3, -0.25) is 32.8 Å². The van der Waals surface area contributed by atoms with Crippen LogP contribution in [0.2, 0.25) is 0 Å². The Kier molecular flexibility index (Phi) is 7.28. The number of carbonyl (C=O) groups excluding carboxylic acids is 2. The molecule has 2 aromatic rings. The van der Waals surface area contributed by atoms with Crippen LogP contribution in [0.25, 0.3) is 11.2 Å². The van der Waals surface area contributed by atoms with Gasteiger partial charge in [0.2, 0.25) is 5.91 Å². The molecule has 4 heterocycles. The lowest BCUT2D eigenvalue weighted by Gasteiger charge is -2.29. The highest BCUT2D eigenvalue weighted by Crippen LogP contribution is 2.53. The van der Waals surface area contributed by atoms with Gasteiger partial charge in [-0.05, 0) is 0 Å². The van der Waals surface area contributed by atoms with Crippen LogP contribution in [0.15, 0.2) is 12.7 Å². The standard InChI is InChI=1S/C18H20N5O12P/c24-9(1-2-10(25)26)22-16-13-17(20-6-19-16)23(7-21-13)18-15(34-12(29)4-3-11(27)28)14-8(33-18)5-32-36(30,31)35-14/h6-8,14-15,18H,1-5H2,(H,25,26)(H,27,28)(H,30,31)(H,19,20,22,24)/t8-,14+,15-,18-/m1/s1. The summed E-state index contributed by atoms with van der Waals surface area (Å²) in [7, 11) is -4.46. The fourth-order valence-corrected chi connectivity index (χ4v) is 4.59. The SMILES string of the molecule is O=C(O)CCC(=O)Nc1ncnc2c1ncn2[C@@H]1O[C@@H]2COP(=O)(O)O[C@@H]2[C@H]1OC(=O)CCC(=O)O. The molecule has 1 amide bonds. The molecule has 0 spiro atoms. The molecule has 2 aliphatic rings. The molecule has 5 atom stereocenters. The highest BCUT2D eigenvalue weighted by Gasteiger charge is 2.55. The molecule has 17 nitrogen and oxygen atoms in total. The van der Waals surface area contributed by atoms with Crippen LogP contribution in [0.1, 0.15) is 31.9 Å². The lowest BCUT2D eigenvalue weighted by molar-refractivity contribution is -0.160. The van der Waals surface area contributed by atoms with E-state index >= 15 is 0 Å². The number of hydrogen-bond donors (Lipinski definition) is 4. The van der Waals surface area contributed by atoms with E-state index in [4.69, 9.17) is 28.7 Å². The Morgan fingerprint density at radius 2 is 1.83 bits per heavy atom. The molecule has 0 bridgehead atoms. The highest BCUT2D eigenvalue weighted by molar-refractivity contribution is 7.47. The van der Waals surface area contributed by atoms with Crippen molar-refractivity contribution in [2.75, 3.05) is 11.9 Å². The van der Waals surface area contributed by atoms with Crippen molar-refractivity contribution >= 4 is 48.6 Å². The Bertz CT molecular complexity index is 1250. The van der Waals surface area contributed by atoms with E-state index in [2.05, 4.69) is 20.3 Å². The first kappa shape index (κ1) is 25.6. The van der Waals surface area contributed by atoms with E-state index in [-0.39, 0.29) is 36.4 Å². The van der Waals surface area contributed by atoms with E-state index in [1.54, 1.807) is 0 Å². The fraction of sp³-hybridized carbons (Fsp3) is 0.500. The minimum atomic E-state index is -4.46. The molecule has 18 heteroatoms. The summed E-state index contributed by atoms with van der Waals surface area (Å²) in [6.45, 7) is -0.357. The van der Waals surface area contributed by atoms with Crippen molar-refractivity contribution in [1.29, 1.82) is 0 Å². The molecular formula is C18H20N5O12P. The van der Waals surface area contributed by atoms with Crippen LogP contribution in [0.5, 0.6) is 0 Å². The van der Waals surface area contributed by atoms with Crippen LogP contribution in [0.4, 0.5) is 5.82 Å². The molecule has 2 aromatic heterocycles. The number of anilines is 1. The van der Waals surface area contributed by atoms with E-state index in [1.165, 1.54) is 10.9 Å². The van der Waals surface area contributed by atoms with Crippen LogP contribution >= 0.6 is 7.82 Å². The molecule has 0 saturated carbocycles. The number of nitrogens with zero attached hydrogens (tertiary/aromatic N) is 4. The van der Waals surface area contributed by atoms with Gasteiger partial charge in [0.25, 0.3) is 0 Å². The largest absolute Gasteiger partial charge is 0.481 e. The van der Waals surface area contributed by atoms with Crippen LogP contribution in [0, 0.1) is 0 Å². The van der Waals surface area contributed by atoms with Gasteiger partial charge in [-0.1, -0.05) is 0 Å². The van der Waals surface area contributed by atoms with Gasteiger partial charge >= 0.3 is 25.7 Å². The third-order valence-electron chi connectivity index (χ3n) is 5.21. The first-order chi connectivity index (χ1) is 17.0. The van der Waals surface area contributed by atoms with Crippen molar-refractivity contribution in [3.8, 4) is 0 Å².